The van der Waals surface area contributed by atoms with Crippen molar-refractivity contribution in [3.8, 4) is 11.5 Å². The zero-order valence-corrected chi connectivity index (χ0v) is 22.1. The molecule has 0 saturated carbocycles. The van der Waals surface area contributed by atoms with Gasteiger partial charge in [-0.1, -0.05) is 23.5 Å². The van der Waals surface area contributed by atoms with Crippen LogP contribution in [-0.4, -0.2) is 81.8 Å². The lowest BCUT2D eigenvalue weighted by molar-refractivity contribution is 0.171. The van der Waals surface area contributed by atoms with Crippen LogP contribution in [0.2, 0.25) is 0 Å². The number of methoxy groups -OCH3 is 1. The van der Waals surface area contributed by atoms with Crippen molar-refractivity contribution in [2.75, 3.05) is 51.6 Å². The van der Waals surface area contributed by atoms with Crippen LogP contribution in [0.4, 0.5) is 5.13 Å². The molecule has 7 rings (SSSR count). The second-order valence-corrected chi connectivity index (χ2v) is 10.5. The fourth-order valence-electron chi connectivity index (χ4n) is 5.23. The van der Waals surface area contributed by atoms with E-state index in [0.717, 1.165) is 29.1 Å². The van der Waals surface area contributed by atoms with Gasteiger partial charge in [-0.3, -0.25) is 9.69 Å². The van der Waals surface area contributed by atoms with Crippen molar-refractivity contribution < 1.29 is 14.2 Å². The smallest absolute Gasteiger partial charge is 0.253 e. The molecule has 0 spiro atoms. The molecular weight excluding hydrogens is 520 g/mol. The molecule has 1 atom stereocenters. The Morgan fingerprint density at radius 1 is 1.10 bits per heavy atom. The molecule has 12 nitrogen and oxygen atoms in total. The number of benzene rings is 2. The van der Waals surface area contributed by atoms with Crippen LogP contribution in [0.1, 0.15) is 17.4 Å². The molecule has 5 heterocycles. The van der Waals surface area contributed by atoms with Crippen LogP contribution in [0.25, 0.3) is 21.1 Å². The minimum atomic E-state index is -0.451. The van der Waals surface area contributed by atoms with Crippen LogP contribution >= 0.6 is 11.3 Å². The summed E-state index contributed by atoms with van der Waals surface area (Å²) in [6, 6.07) is 13.3. The topological polar surface area (TPSA) is 124 Å². The number of aromatic nitrogens is 6. The number of fused-ring (bicyclic) bond motifs is 3. The Balaban J connectivity index is 1.24. The summed E-state index contributed by atoms with van der Waals surface area (Å²) in [6.07, 6.45) is 0. The molecule has 5 aromatic rings. The standard InChI is InChI=1S/C26H26N8O4S/c1-36-11-10-34-24(29-30-31-34)23(17-12-16-13-20-21(38-15-37-20)14-19(16)27-25(17)35)32-6-8-33(9-7-32)26-28-18-4-2-3-5-22(18)39-26/h2-5,12-14,23H,6-11,15H2,1H3,(H,27,35)/t23-/m1/s1. The lowest BCUT2D eigenvalue weighted by Gasteiger charge is -2.38. The number of H-pyrrole nitrogens is 1. The van der Waals surface area contributed by atoms with E-state index in [9.17, 15) is 4.79 Å². The third-order valence-electron chi connectivity index (χ3n) is 7.20. The summed E-state index contributed by atoms with van der Waals surface area (Å²) in [5, 5.41) is 14.4. The van der Waals surface area contributed by atoms with Crippen molar-refractivity contribution in [3.63, 3.8) is 0 Å². The van der Waals surface area contributed by atoms with Gasteiger partial charge in [0.1, 0.15) is 6.04 Å². The van der Waals surface area contributed by atoms with Crippen LogP contribution in [0.5, 0.6) is 11.5 Å². The molecular formula is C26H26N8O4S. The average Bonchev–Trinajstić information content (AvgIpc) is 3.71. The fraction of sp³-hybridized carbons (Fsp3) is 0.346. The normalized spacial score (nSPS) is 16.4. The molecule has 0 bridgehead atoms. The van der Waals surface area contributed by atoms with Crippen LogP contribution < -0.4 is 19.9 Å². The third-order valence-corrected chi connectivity index (χ3v) is 8.30. The molecule has 1 N–H and O–H groups in total. The van der Waals surface area contributed by atoms with Gasteiger partial charge in [0.05, 0.1) is 28.9 Å². The van der Waals surface area contributed by atoms with E-state index in [1.54, 1.807) is 29.2 Å². The maximum atomic E-state index is 13.5. The number of nitrogens with zero attached hydrogens (tertiary/aromatic N) is 7. The van der Waals surface area contributed by atoms with Crippen molar-refractivity contribution in [1.29, 1.82) is 0 Å². The van der Waals surface area contributed by atoms with Gasteiger partial charge < -0.3 is 24.1 Å². The number of thiazole rings is 1. The van der Waals surface area contributed by atoms with Gasteiger partial charge >= 0.3 is 0 Å². The number of pyridine rings is 1. The maximum absolute atomic E-state index is 13.5. The van der Waals surface area contributed by atoms with Crippen molar-refractivity contribution in [1.82, 2.24) is 35.1 Å². The quantitative estimate of drug-likeness (QED) is 0.325. The first-order valence-corrected chi connectivity index (χ1v) is 13.6. The summed E-state index contributed by atoms with van der Waals surface area (Å²) in [5.41, 5.74) is 2.08. The molecule has 0 aliphatic carbocycles. The summed E-state index contributed by atoms with van der Waals surface area (Å²) in [5.74, 6) is 1.88. The van der Waals surface area contributed by atoms with E-state index in [4.69, 9.17) is 19.2 Å². The summed E-state index contributed by atoms with van der Waals surface area (Å²) in [4.78, 5) is 26.0. The lowest BCUT2D eigenvalue weighted by atomic mass is 10.0. The van der Waals surface area contributed by atoms with Crippen LogP contribution in [0.3, 0.4) is 0 Å². The largest absolute Gasteiger partial charge is 0.454 e. The fourth-order valence-corrected chi connectivity index (χ4v) is 6.24. The number of tetrazole rings is 1. The van der Waals surface area contributed by atoms with E-state index in [-0.39, 0.29) is 12.4 Å². The van der Waals surface area contributed by atoms with Gasteiger partial charge in [-0.05, 0) is 34.7 Å². The van der Waals surface area contributed by atoms with E-state index in [1.807, 2.05) is 30.3 Å². The number of aromatic amines is 1. The molecule has 2 aromatic carbocycles. The van der Waals surface area contributed by atoms with Crippen molar-refractivity contribution in [3.05, 3.63) is 64.2 Å². The van der Waals surface area contributed by atoms with E-state index >= 15 is 0 Å². The first kappa shape index (κ1) is 24.0. The minimum Gasteiger partial charge on any atom is -0.454 e. The molecule has 0 amide bonds. The van der Waals surface area contributed by atoms with Gasteiger partial charge in [-0.2, -0.15) is 0 Å². The summed E-state index contributed by atoms with van der Waals surface area (Å²) in [7, 11) is 1.64. The van der Waals surface area contributed by atoms with E-state index < -0.39 is 6.04 Å². The number of para-hydroxylation sites is 1. The molecule has 3 aromatic heterocycles. The molecule has 2 aliphatic rings. The predicted molar refractivity (Wildman–Crippen MR) is 146 cm³/mol. The molecule has 13 heteroatoms. The summed E-state index contributed by atoms with van der Waals surface area (Å²) < 4.78 is 19.2. The Kier molecular flexibility index (Phi) is 6.10. The van der Waals surface area contributed by atoms with Gasteiger partial charge in [0.2, 0.25) is 6.79 Å². The molecule has 200 valence electrons. The summed E-state index contributed by atoms with van der Waals surface area (Å²) in [6.45, 7) is 4.03. The zero-order valence-electron chi connectivity index (χ0n) is 21.2. The highest BCUT2D eigenvalue weighted by atomic mass is 32.1. The predicted octanol–water partition coefficient (Wildman–Crippen LogP) is 2.41. The van der Waals surface area contributed by atoms with Gasteiger partial charge in [0, 0.05) is 50.3 Å². The van der Waals surface area contributed by atoms with E-state index in [0.29, 0.717) is 54.6 Å². The van der Waals surface area contributed by atoms with Gasteiger partial charge in [0.15, 0.2) is 22.5 Å². The monoisotopic (exact) mass is 546 g/mol. The lowest BCUT2D eigenvalue weighted by Crippen LogP contribution is -2.49. The highest BCUT2D eigenvalue weighted by Gasteiger charge is 2.33. The van der Waals surface area contributed by atoms with Gasteiger partial charge in [-0.25, -0.2) is 9.67 Å². The Morgan fingerprint density at radius 3 is 2.74 bits per heavy atom. The summed E-state index contributed by atoms with van der Waals surface area (Å²) >= 11 is 1.70. The van der Waals surface area contributed by atoms with Gasteiger partial charge in [-0.15, -0.1) is 5.10 Å². The molecule has 39 heavy (non-hydrogen) atoms. The Hall–Kier alpha value is -4.07. The van der Waals surface area contributed by atoms with Crippen LogP contribution in [0.15, 0.2) is 47.3 Å². The molecule has 2 aliphatic heterocycles. The number of anilines is 1. The molecule has 0 unspecified atom stereocenters. The van der Waals surface area contributed by atoms with Crippen molar-refractivity contribution in [2.45, 2.75) is 12.6 Å². The second kappa shape index (κ2) is 9.91. The third kappa shape index (κ3) is 4.37. The number of hydrogen-bond acceptors (Lipinski definition) is 11. The number of nitrogens with one attached hydrogen (secondary N) is 1. The maximum Gasteiger partial charge on any atom is 0.253 e. The number of piperazine rings is 1. The van der Waals surface area contributed by atoms with Crippen LogP contribution in [0, 0.1) is 0 Å². The van der Waals surface area contributed by atoms with E-state index in [2.05, 4.69) is 36.4 Å². The number of hydrogen-bond donors (Lipinski definition) is 1. The second-order valence-electron chi connectivity index (χ2n) is 9.49. The highest BCUT2D eigenvalue weighted by molar-refractivity contribution is 7.22. The minimum absolute atomic E-state index is 0.165. The van der Waals surface area contributed by atoms with E-state index in [1.165, 1.54) is 4.70 Å². The Labute approximate surface area is 226 Å². The highest BCUT2D eigenvalue weighted by Crippen LogP contribution is 2.37. The first-order valence-electron chi connectivity index (χ1n) is 12.7. The Bertz CT molecular complexity index is 1670. The average molecular weight is 547 g/mol. The SMILES string of the molecule is COCCn1nnnc1[C@@H](c1cc2cc3c(cc2[nH]c1=O)OCO3)N1CCN(c2nc3ccccc3s2)CC1. The number of ether oxygens (including phenoxy) is 3. The van der Waals surface area contributed by atoms with Crippen molar-refractivity contribution >= 4 is 37.6 Å². The molecule has 1 saturated heterocycles. The molecule has 0 radical (unpaired) electrons. The van der Waals surface area contributed by atoms with Crippen LogP contribution in [-0.2, 0) is 11.3 Å². The van der Waals surface area contributed by atoms with Gasteiger partial charge in [0.25, 0.3) is 5.56 Å². The number of rotatable bonds is 7. The zero-order chi connectivity index (χ0) is 26.3. The first-order chi connectivity index (χ1) is 19.2. The molecule has 1 fully saturated rings. The Morgan fingerprint density at radius 2 is 1.92 bits per heavy atom. The van der Waals surface area contributed by atoms with Crippen molar-refractivity contribution in [2.24, 2.45) is 0 Å².